The number of phenolic OH excluding ortho intramolecular Hbond substituents is 5. The summed E-state index contributed by atoms with van der Waals surface area (Å²) in [6.45, 7) is 0. The minimum Gasteiger partial charge on any atom is -0.508 e. The van der Waals surface area contributed by atoms with Gasteiger partial charge in [-0.3, -0.25) is 4.79 Å². The molecule has 0 bridgehead atoms. The first-order valence-corrected chi connectivity index (χ1v) is 14.5. The lowest BCUT2D eigenvalue weighted by atomic mass is 9.87. The number of carbonyl (C=O) groups excluding carboxylic acids is 1. The van der Waals surface area contributed by atoms with Gasteiger partial charge in [-0.25, -0.2) is 0 Å². The Bertz CT molecular complexity index is 1880. The summed E-state index contributed by atoms with van der Waals surface area (Å²) < 4.78 is 6.36. The predicted octanol–water partition coefficient (Wildman–Crippen LogP) is 7.35. The fourth-order valence-corrected chi connectivity index (χ4v) is 5.88. The second-order valence-corrected chi connectivity index (χ2v) is 11.3. The Kier molecular flexibility index (Phi) is 7.80. The summed E-state index contributed by atoms with van der Waals surface area (Å²) in [7, 11) is 0. The van der Waals surface area contributed by atoms with Crippen LogP contribution >= 0.6 is 11.6 Å². The molecule has 1 aliphatic rings. The van der Waals surface area contributed by atoms with Gasteiger partial charge >= 0.3 is 0 Å². The van der Waals surface area contributed by atoms with Gasteiger partial charge in [-0.2, -0.15) is 0 Å². The van der Waals surface area contributed by atoms with E-state index in [1.807, 2.05) is 42.5 Å². The molecule has 5 N–H and O–H groups in total. The number of hydrogen-bond acceptors (Lipinski definition) is 7. The third-order valence-electron chi connectivity index (χ3n) is 7.98. The molecule has 0 aromatic heterocycles. The SMILES string of the molecule is O=C1C[C@@H](c2ccccc2)Oc2c(Cc3cc(Cc4ccccc4O)ccc3O)c(O)c(Cc3cc(Cl)ccc3O)c(O)c21. The highest BCUT2D eigenvalue weighted by Gasteiger charge is 2.36. The van der Waals surface area contributed by atoms with Gasteiger partial charge in [0.1, 0.15) is 46.2 Å². The number of hydrogen-bond donors (Lipinski definition) is 5. The summed E-state index contributed by atoms with van der Waals surface area (Å²) >= 11 is 6.16. The van der Waals surface area contributed by atoms with E-state index in [-0.39, 0.29) is 70.5 Å². The lowest BCUT2D eigenvalue weighted by molar-refractivity contribution is 0.0842. The maximum absolute atomic E-state index is 13.6. The zero-order valence-electron chi connectivity index (χ0n) is 23.5. The molecule has 0 saturated heterocycles. The molecule has 0 radical (unpaired) electrons. The number of phenols is 5. The summed E-state index contributed by atoms with van der Waals surface area (Å²) in [5, 5.41) is 55.1. The van der Waals surface area contributed by atoms with E-state index in [0.29, 0.717) is 28.1 Å². The van der Waals surface area contributed by atoms with Crippen molar-refractivity contribution in [1.29, 1.82) is 0 Å². The molecular weight excluding hydrogens is 580 g/mol. The van der Waals surface area contributed by atoms with Crippen LogP contribution in [0.2, 0.25) is 5.02 Å². The summed E-state index contributed by atoms with van der Waals surface area (Å²) in [5.74, 6) is -1.07. The van der Waals surface area contributed by atoms with Crippen molar-refractivity contribution in [1.82, 2.24) is 0 Å². The Labute approximate surface area is 258 Å². The molecule has 0 saturated carbocycles. The van der Waals surface area contributed by atoms with Gasteiger partial charge in [0.05, 0.1) is 6.42 Å². The highest BCUT2D eigenvalue weighted by molar-refractivity contribution is 6.30. The number of ketones is 1. The molecule has 1 atom stereocenters. The fourth-order valence-electron chi connectivity index (χ4n) is 5.69. The maximum Gasteiger partial charge on any atom is 0.174 e. The average molecular weight is 609 g/mol. The van der Waals surface area contributed by atoms with E-state index < -0.39 is 11.9 Å². The van der Waals surface area contributed by atoms with E-state index >= 15 is 0 Å². The standard InChI is InChI=1S/C36H29ClO7/c37-25-11-13-30(40)24(16-25)17-26-34(42)27(18-23-15-20(10-12-29(23)39)14-22-8-4-5-9-28(22)38)36-33(35(26)43)31(41)19-32(44-36)21-6-2-1-3-7-21/h1-13,15-16,32,38-40,42-43H,14,17-19H2/t32-/m0/s1. The van der Waals surface area contributed by atoms with Crippen LogP contribution < -0.4 is 4.74 Å². The molecule has 0 aliphatic carbocycles. The van der Waals surface area contributed by atoms with Crippen molar-refractivity contribution in [2.45, 2.75) is 31.8 Å². The van der Waals surface area contributed by atoms with Gasteiger partial charge in [0, 0.05) is 35.4 Å². The maximum atomic E-state index is 13.6. The van der Waals surface area contributed by atoms with Crippen molar-refractivity contribution in [3.8, 4) is 34.5 Å². The van der Waals surface area contributed by atoms with Crippen molar-refractivity contribution in [3.63, 3.8) is 0 Å². The molecule has 1 aliphatic heterocycles. The first-order chi connectivity index (χ1) is 21.2. The van der Waals surface area contributed by atoms with Crippen LogP contribution in [-0.2, 0) is 19.3 Å². The fraction of sp³-hybridized carbons (Fsp3) is 0.139. The number of rotatable bonds is 7. The molecule has 8 heteroatoms. The highest BCUT2D eigenvalue weighted by atomic mass is 35.5. The van der Waals surface area contributed by atoms with E-state index in [1.165, 1.54) is 24.3 Å². The number of aromatic hydroxyl groups is 5. The van der Waals surface area contributed by atoms with Crippen molar-refractivity contribution < 1.29 is 35.1 Å². The third-order valence-corrected chi connectivity index (χ3v) is 8.22. The Morgan fingerprint density at radius 1 is 0.659 bits per heavy atom. The molecule has 7 nitrogen and oxygen atoms in total. The minimum atomic E-state index is -0.655. The van der Waals surface area contributed by atoms with Gasteiger partial charge in [0.15, 0.2) is 5.78 Å². The van der Waals surface area contributed by atoms with Gasteiger partial charge in [-0.1, -0.05) is 72.3 Å². The number of carbonyl (C=O) groups is 1. The van der Waals surface area contributed by atoms with Gasteiger partial charge in [-0.15, -0.1) is 0 Å². The highest BCUT2D eigenvalue weighted by Crippen LogP contribution is 2.50. The molecule has 5 aromatic carbocycles. The monoisotopic (exact) mass is 608 g/mol. The van der Waals surface area contributed by atoms with E-state index in [4.69, 9.17) is 16.3 Å². The van der Waals surface area contributed by atoms with Gasteiger partial charge < -0.3 is 30.3 Å². The molecule has 44 heavy (non-hydrogen) atoms. The van der Waals surface area contributed by atoms with Crippen LogP contribution in [0.15, 0.2) is 91.0 Å². The van der Waals surface area contributed by atoms with Gasteiger partial charge in [-0.05, 0) is 58.1 Å². The molecule has 1 heterocycles. The first-order valence-electron chi connectivity index (χ1n) is 14.1. The molecule has 0 fully saturated rings. The molecular formula is C36H29ClO7. The second-order valence-electron chi connectivity index (χ2n) is 10.9. The van der Waals surface area contributed by atoms with E-state index in [2.05, 4.69) is 0 Å². The summed E-state index contributed by atoms with van der Waals surface area (Å²) in [5.41, 5.74) is 3.22. The van der Waals surface area contributed by atoms with E-state index in [0.717, 1.165) is 11.1 Å². The van der Waals surface area contributed by atoms with Crippen molar-refractivity contribution in [2.24, 2.45) is 0 Å². The number of Topliss-reactive ketones (excluding diaryl/α,β-unsaturated/α-hetero) is 1. The van der Waals surface area contributed by atoms with Crippen LogP contribution in [0.1, 0.15) is 61.8 Å². The average Bonchev–Trinajstić information content (AvgIpc) is 3.01. The zero-order chi connectivity index (χ0) is 31.0. The van der Waals surface area contributed by atoms with E-state index in [1.54, 1.807) is 24.3 Å². The smallest absolute Gasteiger partial charge is 0.174 e. The van der Waals surface area contributed by atoms with Crippen LogP contribution in [0.25, 0.3) is 0 Å². The van der Waals surface area contributed by atoms with Crippen molar-refractivity contribution in [2.75, 3.05) is 0 Å². The third kappa shape index (κ3) is 5.62. The van der Waals surface area contributed by atoms with E-state index in [9.17, 15) is 30.3 Å². The van der Waals surface area contributed by atoms with Gasteiger partial charge in [0.2, 0.25) is 0 Å². The molecule has 6 rings (SSSR count). The summed E-state index contributed by atoms with van der Waals surface area (Å²) in [4.78, 5) is 13.6. The Balaban J connectivity index is 1.48. The largest absolute Gasteiger partial charge is 0.508 e. The van der Waals surface area contributed by atoms with Crippen molar-refractivity contribution >= 4 is 17.4 Å². The molecule has 0 spiro atoms. The summed E-state index contributed by atoms with van der Waals surface area (Å²) in [6, 6.07) is 25.7. The second kappa shape index (κ2) is 11.9. The Morgan fingerprint density at radius 2 is 1.30 bits per heavy atom. The zero-order valence-corrected chi connectivity index (χ0v) is 24.3. The predicted molar refractivity (Wildman–Crippen MR) is 166 cm³/mol. The van der Waals surface area contributed by atoms with Gasteiger partial charge in [0.25, 0.3) is 0 Å². The number of fused-ring (bicyclic) bond motifs is 1. The molecule has 0 unspecified atom stereocenters. The normalized spacial score (nSPS) is 14.2. The van der Waals surface area contributed by atoms with Crippen LogP contribution in [0.4, 0.5) is 0 Å². The minimum absolute atomic E-state index is 0.0243. The Hall–Kier alpha value is -5.14. The topological polar surface area (TPSA) is 127 Å². The lowest BCUT2D eigenvalue weighted by Gasteiger charge is -2.30. The first kappa shape index (κ1) is 29.0. The number of ether oxygens (including phenoxy) is 1. The van der Waals surface area contributed by atoms with Crippen LogP contribution in [0.3, 0.4) is 0 Å². The van der Waals surface area contributed by atoms with Crippen LogP contribution in [0.5, 0.6) is 34.5 Å². The number of benzene rings is 5. The molecule has 222 valence electrons. The molecule has 5 aromatic rings. The Morgan fingerprint density at radius 3 is 2.05 bits per heavy atom. The van der Waals surface area contributed by atoms with Crippen LogP contribution in [0, 0.1) is 0 Å². The lowest BCUT2D eigenvalue weighted by Crippen LogP contribution is -2.22. The molecule has 0 amide bonds. The quantitative estimate of drug-likeness (QED) is 0.131. The number of para-hydroxylation sites is 1. The van der Waals surface area contributed by atoms with Crippen molar-refractivity contribution in [3.05, 3.63) is 141 Å². The van der Waals surface area contributed by atoms with Crippen LogP contribution in [-0.4, -0.2) is 31.3 Å². The number of halogens is 1. The summed E-state index contributed by atoms with van der Waals surface area (Å²) in [6.07, 6.45) is -0.461.